The molecule has 0 aliphatic rings. The van der Waals surface area contributed by atoms with Gasteiger partial charge in [-0.25, -0.2) is 13.1 Å². The van der Waals surface area contributed by atoms with E-state index in [1.165, 1.54) is 18.2 Å². The summed E-state index contributed by atoms with van der Waals surface area (Å²) in [5.41, 5.74) is 0.658. The Morgan fingerprint density at radius 3 is 2.47 bits per heavy atom. The Hall–Kier alpha value is -1.57. The summed E-state index contributed by atoms with van der Waals surface area (Å²) in [5.74, 6) is -1.18. The van der Waals surface area contributed by atoms with Crippen molar-refractivity contribution in [2.75, 3.05) is 0 Å². The Kier molecular flexibility index (Phi) is 4.56. The van der Waals surface area contributed by atoms with Crippen molar-refractivity contribution in [1.29, 1.82) is 0 Å². The van der Waals surface area contributed by atoms with E-state index in [-0.39, 0.29) is 4.90 Å². The number of benzene rings is 1. The first-order chi connectivity index (χ1) is 8.60. The van der Waals surface area contributed by atoms with E-state index < -0.39 is 34.9 Å². The van der Waals surface area contributed by atoms with Gasteiger partial charge in [0.1, 0.15) is 0 Å². The Morgan fingerprint density at radius 1 is 1.32 bits per heavy atom. The van der Waals surface area contributed by atoms with Crippen LogP contribution in [-0.4, -0.2) is 20.5 Å². The summed E-state index contributed by atoms with van der Waals surface area (Å²) in [4.78, 5) is 11.0. The number of hydrogen-bond acceptors (Lipinski definition) is 3. The molecule has 0 saturated carbocycles. The fourth-order valence-electron chi connectivity index (χ4n) is 1.30. The average Bonchev–Trinajstić information content (AvgIpc) is 2.25. The Balaban J connectivity index is 2.73. The standard InChI is InChI=1S/C11H12F3NO3S/c1-8-3-2-4-9(7-8)19(17,18)15-10(16)5-6-11(12,13)14/h2-4,7H,5-6H2,1H3,(H,15,16). The lowest BCUT2D eigenvalue weighted by Crippen LogP contribution is -2.31. The van der Waals surface area contributed by atoms with E-state index in [1.54, 1.807) is 17.7 Å². The molecular weight excluding hydrogens is 283 g/mol. The van der Waals surface area contributed by atoms with E-state index >= 15 is 0 Å². The summed E-state index contributed by atoms with van der Waals surface area (Å²) >= 11 is 0. The molecule has 1 rings (SSSR count). The predicted octanol–water partition coefficient (Wildman–Crippen LogP) is 2.14. The fourth-order valence-corrected chi connectivity index (χ4v) is 2.42. The molecule has 1 aromatic rings. The van der Waals surface area contributed by atoms with Crippen LogP contribution in [0.25, 0.3) is 0 Å². The van der Waals surface area contributed by atoms with Gasteiger partial charge in [-0.15, -0.1) is 0 Å². The highest BCUT2D eigenvalue weighted by Gasteiger charge is 2.29. The molecule has 0 spiro atoms. The third-order valence-electron chi connectivity index (χ3n) is 2.18. The highest BCUT2D eigenvalue weighted by Crippen LogP contribution is 2.21. The zero-order valence-electron chi connectivity index (χ0n) is 9.99. The van der Waals surface area contributed by atoms with Crippen molar-refractivity contribution in [3.63, 3.8) is 0 Å². The average molecular weight is 295 g/mol. The minimum absolute atomic E-state index is 0.159. The number of carbonyl (C=O) groups is 1. The summed E-state index contributed by atoms with van der Waals surface area (Å²) in [6, 6.07) is 5.71. The third-order valence-corrected chi connectivity index (χ3v) is 3.55. The van der Waals surface area contributed by atoms with Crippen molar-refractivity contribution >= 4 is 15.9 Å². The number of amides is 1. The number of sulfonamides is 1. The van der Waals surface area contributed by atoms with Crippen molar-refractivity contribution in [1.82, 2.24) is 4.72 Å². The number of hydrogen-bond donors (Lipinski definition) is 1. The van der Waals surface area contributed by atoms with Crippen LogP contribution in [0.4, 0.5) is 13.2 Å². The largest absolute Gasteiger partial charge is 0.389 e. The van der Waals surface area contributed by atoms with Gasteiger partial charge in [0.2, 0.25) is 5.91 Å². The van der Waals surface area contributed by atoms with Gasteiger partial charge in [-0.3, -0.25) is 4.79 Å². The van der Waals surface area contributed by atoms with E-state index in [1.807, 2.05) is 0 Å². The molecule has 4 nitrogen and oxygen atoms in total. The van der Waals surface area contributed by atoms with E-state index in [0.717, 1.165) is 0 Å². The van der Waals surface area contributed by atoms with Gasteiger partial charge in [0.05, 0.1) is 11.3 Å². The lowest BCUT2D eigenvalue weighted by Gasteiger charge is -2.08. The van der Waals surface area contributed by atoms with Gasteiger partial charge in [-0.05, 0) is 24.6 Å². The monoisotopic (exact) mass is 295 g/mol. The number of carbonyl (C=O) groups excluding carboxylic acids is 1. The Labute approximate surface area is 108 Å². The maximum atomic E-state index is 11.9. The van der Waals surface area contributed by atoms with Crippen molar-refractivity contribution in [2.24, 2.45) is 0 Å². The fraction of sp³-hybridized carbons (Fsp3) is 0.364. The van der Waals surface area contributed by atoms with Gasteiger partial charge < -0.3 is 0 Å². The molecule has 0 unspecified atom stereocenters. The molecule has 0 bridgehead atoms. The highest BCUT2D eigenvalue weighted by molar-refractivity contribution is 7.90. The summed E-state index contributed by atoms with van der Waals surface area (Å²) in [6.45, 7) is 1.66. The number of alkyl halides is 3. The summed E-state index contributed by atoms with van der Waals surface area (Å²) < 4.78 is 60.7. The second kappa shape index (κ2) is 5.60. The molecule has 19 heavy (non-hydrogen) atoms. The zero-order chi connectivity index (χ0) is 14.7. The number of halogens is 3. The molecular formula is C11H12F3NO3S. The molecule has 0 fully saturated rings. The van der Waals surface area contributed by atoms with Crippen molar-refractivity contribution in [3.05, 3.63) is 29.8 Å². The smallest absolute Gasteiger partial charge is 0.274 e. The van der Waals surface area contributed by atoms with Crippen LogP contribution < -0.4 is 4.72 Å². The molecule has 0 aromatic heterocycles. The van der Waals surface area contributed by atoms with Gasteiger partial charge in [-0.1, -0.05) is 12.1 Å². The van der Waals surface area contributed by atoms with Crippen molar-refractivity contribution < 1.29 is 26.4 Å². The number of nitrogens with one attached hydrogen (secondary N) is 1. The van der Waals surface area contributed by atoms with Crippen LogP contribution in [0.3, 0.4) is 0 Å². The highest BCUT2D eigenvalue weighted by atomic mass is 32.2. The first kappa shape index (κ1) is 15.5. The molecule has 0 radical (unpaired) electrons. The molecule has 0 aliphatic heterocycles. The second-order valence-electron chi connectivity index (χ2n) is 3.96. The molecule has 1 amide bonds. The number of aryl methyl sites for hydroxylation is 1. The molecule has 0 atom stereocenters. The van der Waals surface area contributed by atoms with Gasteiger partial charge >= 0.3 is 6.18 Å². The minimum Gasteiger partial charge on any atom is -0.274 e. The maximum absolute atomic E-state index is 11.9. The van der Waals surface area contributed by atoms with Crippen LogP contribution in [-0.2, 0) is 14.8 Å². The van der Waals surface area contributed by atoms with Crippen LogP contribution in [0.2, 0.25) is 0 Å². The second-order valence-corrected chi connectivity index (χ2v) is 5.64. The van der Waals surface area contributed by atoms with E-state index in [0.29, 0.717) is 5.56 Å². The summed E-state index contributed by atoms with van der Waals surface area (Å²) in [7, 11) is -4.12. The SMILES string of the molecule is Cc1cccc(S(=O)(=O)NC(=O)CCC(F)(F)F)c1. The normalized spacial score (nSPS) is 12.2. The maximum Gasteiger partial charge on any atom is 0.389 e. The lowest BCUT2D eigenvalue weighted by molar-refractivity contribution is -0.143. The van der Waals surface area contributed by atoms with Crippen LogP contribution in [0, 0.1) is 6.92 Å². The molecule has 0 saturated heterocycles. The predicted molar refractivity (Wildman–Crippen MR) is 61.8 cm³/mol. The quantitative estimate of drug-likeness (QED) is 0.925. The first-order valence-electron chi connectivity index (χ1n) is 5.29. The molecule has 106 valence electrons. The molecule has 1 N–H and O–H groups in total. The van der Waals surface area contributed by atoms with Gasteiger partial charge in [0.25, 0.3) is 10.0 Å². The van der Waals surface area contributed by atoms with Gasteiger partial charge in [0, 0.05) is 6.42 Å². The van der Waals surface area contributed by atoms with E-state index in [4.69, 9.17) is 0 Å². The Bertz CT molecular complexity index is 567. The third kappa shape index (κ3) is 5.29. The van der Waals surface area contributed by atoms with Crippen LogP contribution in [0.15, 0.2) is 29.2 Å². The molecule has 8 heteroatoms. The topological polar surface area (TPSA) is 63.2 Å². The zero-order valence-corrected chi connectivity index (χ0v) is 10.8. The number of rotatable bonds is 4. The van der Waals surface area contributed by atoms with E-state index in [9.17, 15) is 26.4 Å². The molecule has 0 aliphatic carbocycles. The van der Waals surface area contributed by atoms with Crippen molar-refractivity contribution in [3.8, 4) is 0 Å². The van der Waals surface area contributed by atoms with Gasteiger partial charge in [0.15, 0.2) is 0 Å². The minimum atomic E-state index is -4.50. The molecule has 0 heterocycles. The molecule has 1 aromatic carbocycles. The van der Waals surface area contributed by atoms with Crippen molar-refractivity contribution in [2.45, 2.75) is 30.8 Å². The lowest BCUT2D eigenvalue weighted by atomic mass is 10.2. The van der Waals surface area contributed by atoms with Gasteiger partial charge in [-0.2, -0.15) is 13.2 Å². The summed E-state index contributed by atoms with van der Waals surface area (Å²) in [5, 5.41) is 0. The first-order valence-corrected chi connectivity index (χ1v) is 6.77. The van der Waals surface area contributed by atoms with Crippen LogP contribution in [0.5, 0.6) is 0 Å². The Morgan fingerprint density at radius 2 is 1.95 bits per heavy atom. The van der Waals surface area contributed by atoms with E-state index in [2.05, 4.69) is 0 Å². The van der Waals surface area contributed by atoms with Crippen LogP contribution >= 0.6 is 0 Å². The summed E-state index contributed by atoms with van der Waals surface area (Å²) in [6.07, 6.45) is -6.78. The van der Waals surface area contributed by atoms with Crippen LogP contribution in [0.1, 0.15) is 18.4 Å².